The Bertz CT molecular complexity index is 672. The first kappa shape index (κ1) is 17.6. The van der Waals surface area contributed by atoms with Gasteiger partial charge in [-0.1, -0.05) is 44.6 Å². The van der Waals surface area contributed by atoms with Crippen molar-refractivity contribution in [3.63, 3.8) is 0 Å². The summed E-state index contributed by atoms with van der Waals surface area (Å²) in [7, 11) is 1.75. The van der Waals surface area contributed by atoms with E-state index in [1.54, 1.807) is 18.4 Å². The molecule has 1 aromatic carbocycles. The van der Waals surface area contributed by atoms with Gasteiger partial charge in [0.25, 0.3) is 0 Å². The average Bonchev–Trinajstić information content (AvgIpc) is 3.10. The Labute approximate surface area is 159 Å². The number of nitrogens with zero attached hydrogens (tertiary/aromatic N) is 2. The van der Waals surface area contributed by atoms with Crippen LogP contribution in [0, 0.1) is 0 Å². The smallest absolute Gasteiger partial charge is 0.166 e. The number of hydrogen-bond donors (Lipinski definition) is 0. The van der Waals surface area contributed by atoms with Gasteiger partial charge in [-0.15, -0.1) is 11.3 Å². The molecule has 0 amide bonds. The minimum absolute atomic E-state index is 0.732. The third-order valence-electron chi connectivity index (χ3n) is 5.63. The first-order valence-electron chi connectivity index (χ1n) is 9.75. The van der Waals surface area contributed by atoms with Gasteiger partial charge in [0.15, 0.2) is 4.34 Å². The molecule has 0 unspecified atom stereocenters. The number of ether oxygens (including phenoxy) is 1. The minimum atomic E-state index is 0.732. The third kappa shape index (κ3) is 3.99. The summed E-state index contributed by atoms with van der Waals surface area (Å²) in [5.41, 5.74) is 1.07. The summed E-state index contributed by atoms with van der Waals surface area (Å²) >= 11 is 3.72. The number of benzene rings is 1. The van der Waals surface area contributed by atoms with Crippen LogP contribution in [-0.2, 0) is 0 Å². The average molecular weight is 377 g/mol. The molecule has 0 spiro atoms. The molecule has 25 heavy (non-hydrogen) atoms. The van der Waals surface area contributed by atoms with E-state index in [0.29, 0.717) is 0 Å². The van der Waals surface area contributed by atoms with Crippen LogP contribution in [0.3, 0.4) is 0 Å². The summed E-state index contributed by atoms with van der Waals surface area (Å²) in [4.78, 5) is 4.91. The van der Waals surface area contributed by atoms with Gasteiger partial charge < -0.3 is 4.74 Å². The predicted octanol–water partition coefficient (Wildman–Crippen LogP) is 6.28. The quantitative estimate of drug-likeness (QED) is 0.573. The number of rotatable bonds is 5. The van der Waals surface area contributed by atoms with Crippen LogP contribution in [0.5, 0.6) is 5.75 Å². The Hall–Kier alpha value is -0.780. The molecule has 2 fully saturated rings. The Morgan fingerprint density at radius 2 is 1.64 bits per heavy atom. The molecule has 2 aliphatic rings. The van der Waals surface area contributed by atoms with E-state index in [2.05, 4.69) is 10.4 Å². The fourth-order valence-electron chi connectivity index (χ4n) is 4.31. The van der Waals surface area contributed by atoms with Crippen molar-refractivity contribution in [3.8, 4) is 5.75 Å². The van der Waals surface area contributed by atoms with Gasteiger partial charge in [0.2, 0.25) is 0 Å². The van der Waals surface area contributed by atoms with Crippen molar-refractivity contribution >= 4 is 33.5 Å². The normalized spacial score (nSPS) is 20.4. The van der Waals surface area contributed by atoms with E-state index in [1.807, 2.05) is 24.1 Å². The zero-order valence-corrected chi connectivity index (χ0v) is 16.7. The van der Waals surface area contributed by atoms with E-state index in [-0.39, 0.29) is 0 Å². The molecule has 1 heterocycles. The largest absolute Gasteiger partial charge is 0.495 e. The van der Waals surface area contributed by atoms with Gasteiger partial charge in [-0.2, -0.15) is 0 Å². The monoisotopic (exact) mass is 376 g/mol. The van der Waals surface area contributed by atoms with Crippen LogP contribution in [0.1, 0.15) is 64.2 Å². The van der Waals surface area contributed by atoms with Crippen molar-refractivity contribution in [2.45, 2.75) is 80.6 Å². The van der Waals surface area contributed by atoms with Crippen molar-refractivity contribution in [3.05, 3.63) is 18.2 Å². The third-order valence-corrected chi connectivity index (χ3v) is 8.04. The van der Waals surface area contributed by atoms with Crippen molar-refractivity contribution in [2.24, 2.45) is 0 Å². The molecule has 0 N–H and O–H groups in total. The van der Waals surface area contributed by atoms with Crippen molar-refractivity contribution in [1.82, 2.24) is 9.29 Å². The van der Waals surface area contributed by atoms with Gasteiger partial charge in [-0.05, 0) is 49.8 Å². The second-order valence-corrected chi connectivity index (χ2v) is 9.57. The molecular formula is C20H28N2OS2. The van der Waals surface area contributed by atoms with Crippen LogP contribution in [0.4, 0.5) is 0 Å². The Kier molecular flexibility index (Phi) is 5.83. The number of hydrogen-bond acceptors (Lipinski definition) is 5. The van der Waals surface area contributed by atoms with Gasteiger partial charge in [0, 0.05) is 12.1 Å². The second kappa shape index (κ2) is 8.28. The van der Waals surface area contributed by atoms with Gasteiger partial charge in [-0.25, -0.2) is 9.29 Å². The highest BCUT2D eigenvalue weighted by Gasteiger charge is 2.30. The van der Waals surface area contributed by atoms with Crippen LogP contribution >= 0.6 is 23.3 Å². The molecule has 1 aromatic heterocycles. The molecule has 2 saturated carbocycles. The second-order valence-electron chi connectivity index (χ2n) is 7.32. The fourth-order valence-corrected chi connectivity index (χ4v) is 6.80. The molecule has 0 saturated heterocycles. The van der Waals surface area contributed by atoms with Crippen molar-refractivity contribution < 1.29 is 4.74 Å². The molecule has 0 bridgehead atoms. The van der Waals surface area contributed by atoms with E-state index in [1.165, 1.54) is 73.2 Å². The molecule has 2 aromatic rings. The fraction of sp³-hybridized carbons (Fsp3) is 0.650. The molecule has 0 aliphatic heterocycles. The molecule has 2 aliphatic carbocycles. The lowest BCUT2D eigenvalue weighted by Crippen LogP contribution is -2.40. The SMILES string of the molecule is COc1cccc2nc(SN(C3CCCCC3)C3CCCCC3)sc12. The molecular weight excluding hydrogens is 348 g/mol. The Morgan fingerprint density at radius 3 is 2.24 bits per heavy atom. The van der Waals surface area contributed by atoms with Crippen molar-refractivity contribution in [1.29, 1.82) is 0 Å². The van der Waals surface area contributed by atoms with Crippen LogP contribution in [0.15, 0.2) is 22.5 Å². The first-order valence-corrected chi connectivity index (χ1v) is 11.3. The van der Waals surface area contributed by atoms with Crippen LogP contribution < -0.4 is 4.74 Å². The summed E-state index contributed by atoms with van der Waals surface area (Å²) < 4.78 is 10.6. The molecule has 0 atom stereocenters. The maximum atomic E-state index is 5.53. The Morgan fingerprint density at radius 1 is 1.00 bits per heavy atom. The lowest BCUT2D eigenvalue weighted by molar-refractivity contribution is 0.185. The maximum absolute atomic E-state index is 5.53. The lowest BCUT2D eigenvalue weighted by Gasteiger charge is -2.40. The predicted molar refractivity (Wildman–Crippen MR) is 108 cm³/mol. The lowest BCUT2D eigenvalue weighted by atomic mass is 9.91. The minimum Gasteiger partial charge on any atom is -0.495 e. The van der Waals surface area contributed by atoms with Crippen molar-refractivity contribution in [2.75, 3.05) is 7.11 Å². The first-order chi connectivity index (χ1) is 12.3. The maximum Gasteiger partial charge on any atom is 0.166 e. The standard InChI is InChI=1S/C20H28N2OS2/c1-23-18-14-8-13-17-19(18)24-20(21-17)25-22(15-9-4-2-5-10-15)16-11-6-3-7-12-16/h8,13-16H,2-7,9-12H2,1H3. The van der Waals surface area contributed by atoms with E-state index in [9.17, 15) is 0 Å². The highest BCUT2D eigenvalue weighted by molar-refractivity contribution is 7.99. The van der Waals surface area contributed by atoms with Gasteiger partial charge in [0.1, 0.15) is 5.75 Å². The number of thiazole rings is 1. The summed E-state index contributed by atoms with van der Waals surface area (Å²) in [5.74, 6) is 0.948. The number of fused-ring (bicyclic) bond motifs is 1. The summed E-state index contributed by atoms with van der Waals surface area (Å²) in [6, 6.07) is 7.64. The summed E-state index contributed by atoms with van der Waals surface area (Å²) in [5, 5.41) is 0. The summed E-state index contributed by atoms with van der Waals surface area (Å²) in [6.45, 7) is 0. The molecule has 4 rings (SSSR count). The number of methoxy groups -OCH3 is 1. The molecule has 136 valence electrons. The van der Waals surface area contributed by atoms with Crippen LogP contribution in [0.2, 0.25) is 0 Å². The Balaban J connectivity index is 1.58. The highest BCUT2D eigenvalue weighted by atomic mass is 32.2. The molecule has 5 heteroatoms. The van der Waals surface area contributed by atoms with E-state index < -0.39 is 0 Å². The van der Waals surface area contributed by atoms with Gasteiger partial charge in [-0.3, -0.25) is 0 Å². The van der Waals surface area contributed by atoms with E-state index >= 15 is 0 Å². The summed E-state index contributed by atoms with van der Waals surface area (Å²) in [6.07, 6.45) is 13.8. The molecule has 0 radical (unpaired) electrons. The number of aromatic nitrogens is 1. The van der Waals surface area contributed by atoms with E-state index in [4.69, 9.17) is 9.72 Å². The topological polar surface area (TPSA) is 25.4 Å². The van der Waals surface area contributed by atoms with Gasteiger partial charge in [0.05, 0.1) is 17.3 Å². The highest BCUT2D eigenvalue weighted by Crippen LogP contribution is 2.41. The molecule has 3 nitrogen and oxygen atoms in total. The van der Waals surface area contributed by atoms with Crippen LogP contribution in [-0.4, -0.2) is 28.5 Å². The van der Waals surface area contributed by atoms with Gasteiger partial charge >= 0.3 is 0 Å². The zero-order valence-electron chi connectivity index (χ0n) is 15.1. The zero-order chi connectivity index (χ0) is 17.1. The van der Waals surface area contributed by atoms with E-state index in [0.717, 1.165) is 23.3 Å². The van der Waals surface area contributed by atoms with Crippen LogP contribution in [0.25, 0.3) is 10.2 Å².